The van der Waals surface area contributed by atoms with Crippen molar-refractivity contribution in [3.63, 3.8) is 0 Å². The third kappa shape index (κ3) is 6.17. The molecular formula is C23H28N2O4. The second-order valence-electron chi connectivity index (χ2n) is 7.18. The zero-order chi connectivity index (χ0) is 21.4. The summed E-state index contributed by atoms with van der Waals surface area (Å²) in [6.07, 6.45) is 0.776. The van der Waals surface area contributed by atoms with Crippen molar-refractivity contribution in [3.8, 4) is 0 Å². The standard InChI is InChI=1S/C23H28N2O4/c1-5-17-13-9-10-16(4)21(17)24-19(26)14-29-23(28)20(15(2)3)25-22(27)18-11-7-6-8-12-18/h6-13,15,20H,5,14H2,1-4H3,(H,24,26)(H,25,27). The van der Waals surface area contributed by atoms with Crippen molar-refractivity contribution in [2.24, 2.45) is 5.92 Å². The lowest BCUT2D eigenvalue weighted by atomic mass is 10.0. The number of benzene rings is 2. The average molecular weight is 396 g/mol. The Bertz CT molecular complexity index is 862. The van der Waals surface area contributed by atoms with Crippen molar-refractivity contribution in [1.82, 2.24) is 5.32 Å². The highest BCUT2D eigenvalue weighted by atomic mass is 16.5. The van der Waals surface area contributed by atoms with Crippen molar-refractivity contribution in [2.45, 2.75) is 40.2 Å². The van der Waals surface area contributed by atoms with Crippen molar-refractivity contribution >= 4 is 23.5 Å². The minimum absolute atomic E-state index is 0.193. The van der Waals surface area contributed by atoms with Gasteiger partial charge in [0.15, 0.2) is 6.61 Å². The molecule has 2 N–H and O–H groups in total. The smallest absolute Gasteiger partial charge is 0.329 e. The van der Waals surface area contributed by atoms with Gasteiger partial charge in [0, 0.05) is 11.3 Å². The number of para-hydroxylation sites is 1. The fourth-order valence-corrected chi connectivity index (χ4v) is 2.92. The van der Waals surface area contributed by atoms with E-state index >= 15 is 0 Å². The lowest BCUT2D eigenvalue weighted by molar-refractivity contribution is -0.150. The third-order valence-electron chi connectivity index (χ3n) is 4.59. The molecule has 2 rings (SSSR count). The molecule has 0 spiro atoms. The molecule has 0 aliphatic rings. The number of carbonyl (C=O) groups is 3. The van der Waals surface area contributed by atoms with Gasteiger partial charge in [-0.2, -0.15) is 0 Å². The molecule has 0 saturated carbocycles. The van der Waals surface area contributed by atoms with Crippen LogP contribution in [0.5, 0.6) is 0 Å². The predicted molar refractivity (Wildman–Crippen MR) is 113 cm³/mol. The van der Waals surface area contributed by atoms with Gasteiger partial charge in [-0.3, -0.25) is 9.59 Å². The molecule has 2 amide bonds. The Balaban J connectivity index is 1.96. The monoisotopic (exact) mass is 396 g/mol. The van der Waals surface area contributed by atoms with Crippen LogP contribution in [0.1, 0.15) is 42.3 Å². The number of carbonyl (C=O) groups excluding carboxylic acids is 3. The summed E-state index contributed by atoms with van der Waals surface area (Å²) in [6.45, 7) is 7.11. The third-order valence-corrected chi connectivity index (χ3v) is 4.59. The molecule has 6 heteroatoms. The largest absolute Gasteiger partial charge is 0.454 e. The molecule has 2 aromatic carbocycles. The molecule has 0 radical (unpaired) electrons. The Morgan fingerprint density at radius 1 is 1.00 bits per heavy atom. The number of ether oxygens (including phenoxy) is 1. The van der Waals surface area contributed by atoms with Crippen molar-refractivity contribution in [1.29, 1.82) is 0 Å². The van der Waals surface area contributed by atoms with Crippen LogP contribution in [0.25, 0.3) is 0 Å². The minimum Gasteiger partial charge on any atom is -0.454 e. The van der Waals surface area contributed by atoms with Gasteiger partial charge in [0.05, 0.1) is 0 Å². The van der Waals surface area contributed by atoms with Crippen LogP contribution in [0.4, 0.5) is 5.69 Å². The Morgan fingerprint density at radius 2 is 1.69 bits per heavy atom. The van der Waals surface area contributed by atoms with Crippen LogP contribution in [-0.2, 0) is 20.7 Å². The average Bonchev–Trinajstić information content (AvgIpc) is 2.71. The van der Waals surface area contributed by atoms with Gasteiger partial charge in [-0.1, -0.05) is 57.2 Å². The first-order valence-electron chi connectivity index (χ1n) is 9.74. The number of rotatable bonds is 8. The highest BCUT2D eigenvalue weighted by Gasteiger charge is 2.26. The molecule has 6 nitrogen and oxygen atoms in total. The number of hydrogen-bond acceptors (Lipinski definition) is 4. The molecular weight excluding hydrogens is 368 g/mol. The quantitative estimate of drug-likeness (QED) is 0.669. The van der Waals surface area contributed by atoms with E-state index in [-0.39, 0.29) is 11.8 Å². The maximum absolute atomic E-state index is 12.5. The molecule has 154 valence electrons. The van der Waals surface area contributed by atoms with Gasteiger partial charge >= 0.3 is 5.97 Å². The van der Waals surface area contributed by atoms with E-state index < -0.39 is 24.5 Å². The summed E-state index contributed by atoms with van der Waals surface area (Å²) in [7, 11) is 0. The Kier molecular flexibility index (Phi) is 7.95. The summed E-state index contributed by atoms with van der Waals surface area (Å²) in [5.41, 5.74) is 3.16. The van der Waals surface area contributed by atoms with E-state index in [0.29, 0.717) is 5.56 Å². The molecule has 0 bridgehead atoms. The van der Waals surface area contributed by atoms with Crippen LogP contribution >= 0.6 is 0 Å². The predicted octanol–water partition coefficient (Wildman–Crippen LogP) is 3.49. The Morgan fingerprint density at radius 3 is 2.31 bits per heavy atom. The second kappa shape index (κ2) is 10.4. The van der Waals surface area contributed by atoms with Crippen LogP contribution in [-0.4, -0.2) is 30.4 Å². The first-order chi connectivity index (χ1) is 13.8. The number of amides is 2. The summed E-state index contributed by atoms with van der Waals surface area (Å²) < 4.78 is 5.18. The van der Waals surface area contributed by atoms with E-state index in [9.17, 15) is 14.4 Å². The molecule has 0 aromatic heterocycles. The van der Waals surface area contributed by atoms with E-state index in [1.165, 1.54) is 0 Å². The number of esters is 1. The highest BCUT2D eigenvalue weighted by Crippen LogP contribution is 2.21. The fourth-order valence-electron chi connectivity index (χ4n) is 2.92. The molecule has 0 aliphatic heterocycles. The van der Waals surface area contributed by atoms with Crippen LogP contribution in [0.2, 0.25) is 0 Å². The summed E-state index contributed by atoms with van der Waals surface area (Å²) in [5, 5.41) is 5.50. The molecule has 1 atom stereocenters. The van der Waals surface area contributed by atoms with Crippen molar-refractivity contribution < 1.29 is 19.1 Å². The van der Waals surface area contributed by atoms with Gasteiger partial charge < -0.3 is 15.4 Å². The van der Waals surface area contributed by atoms with E-state index in [0.717, 1.165) is 23.2 Å². The second-order valence-corrected chi connectivity index (χ2v) is 7.18. The molecule has 2 aromatic rings. The van der Waals surface area contributed by atoms with E-state index in [1.54, 1.807) is 38.1 Å². The van der Waals surface area contributed by atoms with Crippen LogP contribution in [0.3, 0.4) is 0 Å². The number of aryl methyl sites for hydroxylation is 2. The van der Waals surface area contributed by atoms with Crippen LogP contribution in [0, 0.1) is 12.8 Å². The van der Waals surface area contributed by atoms with E-state index in [1.807, 2.05) is 38.1 Å². The summed E-state index contributed by atoms with van der Waals surface area (Å²) in [4.78, 5) is 37.1. The van der Waals surface area contributed by atoms with E-state index in [2.05, 4.69) is 10.6 Å². The van der Waals surface area contributed by atoms with Gasteiger partial charge in [-0.05, 0) is 42.5 Å². The van der Waals surface area contributed by atoms with Gasteiger partial charge in [-0.25, -0.2) is 4.79 Å². The molecule has 29 heavy (non-hydrogen) atoms. The molecule has 0 fully saturated rings. The van der Waals surface area contributed by atoms with Gasteiger partial charge in [0.2, 0.25) is 0 Å². The van der Waals surface area contributed by atoms with Crippen LogP contribution in [0.15, 0.2) is 48.5 Å². The highest BCUT2D eigenvalue weighted by molar-refractivity contribution is 5.97. The van der Waals surface area contributed by atoms with Crippen molar-refractivity contribution in [3.05, 3.63) is 65.2 Å². The van der Waals surface area contributed by atoms with Gasteiger partial charge in [-0.15, -0.1) is 0 Å². The normalized spacial score (nSPS) is 11.6. The summed E-state index contributed by atoms with van der Waals surface area (Å²) in [5.74, 6) is -1.61. The van der Waals surface area contributed by atoms with Crippen molar-refractivity contribution in [2.75, 3.05) is 11.9 Å². The lowest BCUT2D eigenvalue weighted by Gasteiger charge is -2.21. The first-order valence-corrected chi connectivity index (χ1v) is 9.74. The topological polar surface area (TPSA) is 84.5 Å². The maximum Gasteiger partial charge on any atom is 0.329 e. The number of nitrogens with one attached hydrogen (secondary N) is 2. The lowest BCUT2D eigenvalue weighted by Crippen LogP contribution is -2.45. The molecule has 0 saturated heterocycles. The summed E-state index contributed by atoms with van der Waals surface area (Å²) >= 11 is 0. The molecule has 0 heterocycles. The number of hydrogen-bond donors (Lipinski definition) is 2. The zero-order valence-electron chi connectivity index (χ0n) is 17.3. The maximum atomic E-state index is 12.5. The number of anilines is 1. The van der Waals surface area contributed by atoms with Gasteiger partial charge in [0.1, 0.15) is 6.04 Å². The SMILES string of the molecule is CCc1cccc(C)c1NC(=O)COC(=O)C(NC(=O)c1ccccc1)C(C)C. The minimum atomic E-state index is -0.847. The first kappa shape index (κ1) is 22.1. The zero-order valence-corrected chi connectivity index (χ0v) is 17.3. The van der Waals surface area contributed by atoms with Gasteiger partial charge in [0.25, 0.3) is 11.8 Å². The Labute approximate surface area is 171 Å². The van der Waals surface area contributed by atoms with Crippen LogP contribution < -0.4 is 10.6 Å². The molecule has 0 aliphatic carbocycles. The Hall–Kier alpha value is -3.15. The molecule has 1 unspecified atom stereocenters. The fraction of sp³-hybridized carbons (Fsp3) is 0.348. The summed E-state index contributed by atoms with van der Waals surface area (Å²) in [6, 6.07) is 13.6. The van der Waals surface area contributed by atoms with E-state index in [4.69, 9.17) is 4.74 Å².